The molecule has 0 bridgehead atoms. The Labute approximate surface area is 196 Å². The van der Waals surface area contributed by atoms with E-state index in [0.717, 1.165) is 16.8 Å². The predicted octanol–water partition coefficient (Wildman–Crippen LogP) is 2.56. The SMILES string of the molecule is CCS(=O)(=O)c1nn2c(C(=O)NOC(C)C)ccnc2c1-c1nc2cc(C(F)(F)F)ncc2n1C. The molecule has 0 radical (unpaired) electrons. The van der Waals surface area contributed by atoms with Crippen LogP contribution in [0.2, 0.25) is 0 Å². The van der Waals surface area contributed by atoms with Crippen molar-refractivity contribution in [1.29, 1.82) is 0 Å². The molecule has 0 atom stereocenters. The number of hydrogen-bond donors (Lipinski definition) is 1. The maximum Gasteiger partial charge on any atom is 0.433 e. The molecule has 0 aliphatic heterocycles. The molecule has 186 valence electrons. The van der Waals surface area contributed by atoms with Crippen LogP contribution in [0.5, 0.6) is 0 Å². The molecule has 0 spiro atoms. The zero-order valence-electron chi connectivity index (χ0n) is 19.0. The quantitative estimate of drug-likeness (QED) is 0.391. The van der Waals surface area contributed by atoms with Crippen LogP contribution in [0, 0.1) is 0 Å². The Morgan fingerprint density at radius 1 is 1.26 bits per heavy atom. The molecule has 0 aliphatic rings. The monoisotopic (exact) mass is 511 g/mol. The summed E-state index contributed by atoms with van der Waals surface area (Å²) in [4.78, 5) is 29.7. The second kappa shape index (κ2) is 8.57. The topological polar surface area (TPSA) is 133 Å². The van der Waals surface area contributed by atoms with Crippen molar-refractivity contribution >= 4 is 32.4 Å². The fourth-order valence-electron chi connectivity index (χ4n) is 3.34. The number of nitrogens with one attached hydrogen (secondary N) is 1. The lowest BCUT2D eigenvalue weighted by atomic mass is 10.3. The Bertz CT molecular complexity index is 1560. The first kappa shape index (κ1) is 24.5. The van der Waals surface area contributed by atoms with Crippen LogP contribution in [0.3, 0.4) is 0 Å². The summed E-state index contributed by atoms with van der Waals surface area (Å²) in [6.45, 7) is 4.81. The molecule has 11 nitrogen and oxygen atoms in total. The van der Waals surface area contributed by atoms with Crippen LogP contribution in [0.1, 0.15) is 37.0 Å². The van der Waals surface area contributed by atoms with E-state index in [-0.39, 0.29) is 45.6 Å². The van der Waals surface area contributed by atoms with Crippen molar-refractivity contribution in [2.45, 2.75) is 38.1 Å². The largest absolute Gasteiger partial charge is 0.433 e. The molecule has 4 rings (SSSR count). The van der Waals surface area contributed by atoms with Gasteiger partial charge in [-0.3, -0.25) is 9.63 Å². The van der Waals surface area contributed by atoms with Crippen molar-refractivity contribution in [3.8, 4) is 11.4 Å². The van der Waals surface area contributed by atoms with Gasteiger partial charge in [-0.15, -0.1) is 0 Å². The number of imidazole rings is 1. The van der Waals surface area contributed by atoms with Gasteiger partial charge in [0.05, 0.1) is 29.1 Å². The van der Waals surface area contributed by atoms with Gasteiger partial charge in [0, 0.05) is 13.2 Å². The lowest BCUT2D eigenvalue weighted by molar-refractivity contribution is -0.141. The van der Waals surface area contributed by atoms with Gasteiger partial charge in [-0.1, -0.05) is 6.92 Å². The lowest BCUT2D eigenvalue weighted by Crippen LogP contribution is -2.28. The highest BCUT2D eigenvalue weighted by Gasteiger charge is 2.34. The Morgan fingerprint density at radius 3 is 2.60 bits per heavy atom. The van der Waals surface area contributed by atoms with Crippen LogP contribution in [-0.2, 0) is 27.9 Å². The molecule has 0 fully saturated rings. The number of hydrogen-bond acceptors (Lipinski definition) is 8. The number of carbonyl (C=O) groups excluding carboxylic acids is 1. The van der Waals surface area contributed by atoms with Gasteiger partial charge >= 0.3 is 6.18 Å². The van der Waals surface area contributed by atoms with Gasteiger partial charge in [0.2, 0.25) is 0 Å². The standard InChI is InChI=1S/C20H20F3N7O4S/c1-5-35(32,33)19-15(16-24-7-6-12(30(16)27-19)18(31)28-34-10(2)3)17-26-11-8-14(20(21,22)23)25-9-13(11)29(17)4/h6-10H,5H2,1-4H3,(H,28,31). The van der Waals surface area contributed by atoms with Crippen molar-refractivity contribution in [2.75, 3.05) is 5.75 Å². The highest BCUT2D eigenvalue weighted by molar-refractivity contribution is 7.91. The van der Waals surface area contributed by atoms with Gasteiger partial charge in [-0.25, -0.2) is 33.4 Å². The number of aryl methyl sites for hydroxylation is 1. The minimum atomic E-state index is -4.69. The number of hydroxylamine groups is 1. The van der Waals surface area contributed by atoms with Crippen molar-refractivity contribution in [3.63, 3.8) is 0 Å². The summed E-state index contributed by atoms with van der Waals surface area (Å²) in [5.41, 5.74) is 1.12. The minimum Gasteiger partial charge on any atom is -0.326 e. The van der Waals surface area contributed by atoms with E-state index < -0.39 is 32.6 Å². The average Bonchev–Trinajstić information content (AvgIpc) is 3.34. The van der Waals surface area contributed by atoms with E-state index in [0.29, 0.717) is 0 Å². The highest BCUT2D eigenvalue weighted by Crippen LogP contribution is 2.34. The molecule has 0 unspecified atom stereocenters. The van der Waals surface area contributed by atoms with Crippen molar-refractivity contribution in [2.24, 2.45) is 7.05 Å². The normalized spacial score (nSPS) is 12.7. The molecular formula is C20H20F3N7O4S. The summed E-state index contributed by atoms with van der Waals surface area (Å²) in [5.74, 6) is -1.04. The number of amides is 1. The number of fused-ring (bicyclic) bond motifs is 2. The molecule has 1 amide bonds. The average molecular weight is 511 g/mol. The number of carbonyl (C=O) groups is 1. The van der Waals surface area contributed by atoms with E-state index in [1.807, 2.05) is 0 Å². The summed E-state index contributed by atoms with van der Waals surface area (Å²) < 4.78 is 67.8. The van der Waals surface area contributed by atoms with Gasteiger partial charge in [-0.05, 0) is 26.0 Å². The van der Waals surface area contributed by atoms with E-state index in [2.05, 4.69) is 25.5 Å². The Morgan fingerprint density at radius 2 is 1.97 bits per heavy atom. The van der Waals surface area contributed by atoms with Crippen molar-refractivity contribution < 1.29 is 31.2 Å². The molecule has 15 heteroatoms. The molecule has 1 N–H and O–H groups in total. The maximum absolute atomic E-state index is 13.2. The van der Waals surface area contributed by atoms with Crippen LogP contribution in [-0.4, -0.2) is 55.3 Å². The number of halogens is 3. The highest BCUT2D eigenvalue weighted by atomic mass is 32.2. The van der Waals surface area contributed by atoms with Gasteiger partial charge in [0.25, 0.3) is 5.91 Å². The van der Waals surface area contributed by atoms with Gasteiger partial charge < -0.3 is 4.57 Å². The second-order valence-electron chi connectivity index (χ2n) is 7.80. The number of sulfone groups is 1. The third kappa shape index (κ3) is 4.32. The number of aromatic nitrogens is 6. The maximum atomic E-state index is 13.2. The number of rotatable bonds is 6. The van der Waals surface area contributed by atoms with Crippen LogP contribution in [0.4, 0.5) is 13.2 Å². The third-order valence-electron chi connectivity index (χ3n) is 5.06. The van der Waals surface area contributed by atoms with Crippen molar-refractivity contribution in [1.82, 2.24) is 34.6 Å². The fraction of sp³-hybridized carbons (Fsp3) is 0.350. The number of nitrogens with zero attached hydrogens (tertiary/aromatic N) is 6. The smallest absolute Gasteiger partial charge is 0.326 e. The molecule has 4 aromatic rings. The zero-order chi connectivity index (χ0) is 25.7. The van der Waals surface area contributed by atoms with Gasteiger partial charge in [-0.2, -0.15) is 18.3 Å². The first-order valence-electron chi connectivity index (χ1n) is 10.3. The van der Waals surface area contributed by atoms with Crippen LogP contribution >= 0.6 is 0 Å². The van der Waals surface area contributed by atoms with Crippen LogP contribution < -0.4 is 5.48 Å². The van der Waals surface area contributed by atoms with E-state index in [1.165, 1.54) is 30.8 Å². The number of pyridine rings is 1. The molecule has 0 saturated carbocycles. The second-order valence-corrected chi connectivity index (χ2v) is 9.99. The Hall–Kier alpha value is -3.59. The molecule has 35 heavy (non-hydrogen) atoms. The number of alkyl halides is 3. The molecule has 4 heterocycles. The first-order valence-corrected chi connectivity index (χ1v) is 12.0. The fourth-order valence-corrected chi connectivity index (χ4v) is 4.31. The van der Waals surface area contributed by atoms with Crippen molar-refractivity contribution in [3.05, 3.63) is 35.9 Å². The van der Waals surface area contributed by atoms with E-state index >= 15 is 0 Å². The van der Waals surface area contributed by atoms with E-state index in [9.17, 15) is 26.4 Å². The van der Waals surface area contributed by atoms with E-state index in [4.69, 9.17) is 4.84 Å². The summed E-state index contributed by atoms with van der Waals surface area (Å²) in [7, 11) is -2.48. The summed E-state index contributed by atoms with van der Waals surface area (Å²) in [6, 6.07) is 2.09. The van der Waals surface area contributed by atoms with Gasteiger partial charge in [0.1, 0.15) is 22.8 Å². The minimum absolute atomic E-state index is 0.00774. The molecule has 4 aromatic heterocycles. The van der Waals surface area contributed by atoms with Crippen LogP contribution in [0.25, 0.3) is 28.1 Å². The molecule has 0 aromatic carbocycles. The lowest BCUT2D eigenvalue weighted by Gasteiger charge is -2.09. The Balaban J connectivity index is 2.00. The third-order valence-corrected chi connectivity index (χ3v) is 6.70. The predicted molar refractivity (Wildman–Crippen MR) is 117 cm³/mol. The van der Waals surface area contributed by atoms with Crippen LogP contribution in [0.15, 0.2) is 29.6 Å². The zero-order valence-corrected chi connectivity index (χ0v) is 19.8. The van der Waals surface area contributed by atoms with Gasteiger partial charge in [0.15, 0.2) is 20.5 Å². The van der Waals surface area contributed by atoms with E-state index in [1.54, 1.807) is 13.8 Å². The summed E-state index contributed by atoms with van der Waals surface area (Å²) >= 11 is 0. The molecular weight excluding hydrogens is 491 g/mol. The summed E-state index contributed by atoms with van der Waals surface area (Å²) in [5, 5.41) is 3.73. The molecule has 0 aliphatic carbocycles. The summed E-state index contributed by atoms with van der Waals surface area (Å²) in [6.07, 6.45) is -2.73. The molecule has 0 saturated heterocycles. The Kier molecular flexibility index (Phi) is 6.00. The first-order chi connectivity index (χ1) is 16.3.